The molecule has 0 aliphatic rings. The number of carbonyl (C=O) groups excluding carboxylic acids is 1. The van der Waals surface area contributed by atoms with Crippen LogP contribution in [0.2, 0.25) is 0 Å². The molecule has 0 fully saturated rings. The molecule has 0 saturated carbocycles. The molecule has 0 aliphatic heterocycles. The second-order valence-electron chi connectivity index (χ2n) is 5.97. The number of primary amides is 1. The third-order valence-electron chi connectivity index (χ3n) is 3.85. The standard InChI is InChI=1S/C17H31N3O/c1-2-3-4-5-6-7-8-9-10-11-12-19-13-14-20(16-19)15-17(18)21/h13-14,16H,2-12,15H2,1H3,(H-,18,21)/p+1. The molecule has 0 radical (unpaired) electrons. The van der Waals surface area contributed by atoms with Gasteiger partial charge in [0.25, 0.3) is 5.91 Å². The maximum atomic E-state index is 10.8. The number of nitrogens with zero attached hydrogens (tertiary/aromatic N) is 2. The Morgan fingerprint density at radius 3 is 2.14 bits per heavy atom. The van der Waals surface area contributed by atoms with Crippen molar-refractivity contribution in [2.75, 3.05) is 0 Å². The van der Waals surface area contributed by atoms with Crippen LogP contribution >= 0.6 is 0 Å². The largest absolute Gasteiger partial charge is 0.366 e. The van der Waals surface area contributed by atoms with Crippen LogP contribution in [-0.4, -0.2) is 10.5 Å². The topological polar surface area (TPSA) is 51.9 Å². The van der Waals surface area contributed by atoms with Crippen LogP contribution in [0.3, 0.4) is 0 Å². The van der Waals surface area contributed by atoms with Crippen molar-refractivity contribution in [1.82, 2.24) is 4.57 Å². The molecule has 0 bridgehead atoms. The van der Waals surface area contributed by atoms with Gasteiger partial charge in [-0.2, -0.15) is 0 Å². The molecule has 1 rings (SSSR count). The number of unbranched alkanes of at least 4 members (excludes halogenated alkanes) is 9. The maximum absolute atomic E-state index is 10.8. The summed E-state index contributed by atoms with van der Waals surface area (Å²) in [6.45, 7) is 3.56. The average molecular weight is 294 g/mol. The first-order valence-electron chi connectivity index (χ1n) is 8.55. The van der Waals surface area contributed by atoms with Crippen molar-refractivity contribution in [3.63, 3.8) is 0 Å². The number of nitrogens with two attached hydrogens (primary N) is 1. The molecule has 21 heavy (non-hydrogen) atoms. The number of imidazole rings is 1. The second kappa shape index (κ2) is 11.4. The van der Waals surface area contributed by atoms with Crippen LogP contribution in [0.4, 0.5) is 0 Å². The Hall–Kier alpha value is -1.32. The van der Waals surface area contributed by atoms with Gasteiger partial charge in [0, 0.05) is 0 Å². The Bertz CT molecular complexity index is 387. The Labute approximate surface area is 129 Å². The highest BCUT2D eigenvalue weighted by Crippen LogP contribution is 2.10. The number of aromatic nitrogens is 2. The third-order valence-corrected chi connectivity index (χ3v) is 3.85. The van der Waals surface area contributed by atoms with Gasteiger partial charge in [0.05, 0.1) is 6.54 Å². The van der Waals surface area contributed by atoms with Crippen LogP contribution < -0.4 is 10.3 Å². The third kappa shape index (κ3) is 9.27. The fraction of sp³-hybridized carbons (Fsp3) is 0.765. The van der Waals surface area contributed by atoms with E-state index < -0.39 is 0 Å². The fourth-order valence-corrected chi connectivity index (χ4v) is 2.63. The first kappa shape index (κ1) is 17.7. The van der Waals surface area contributed by atoms with Crippen molar-refractivity contribution >= 4 is 5.91 Å². The Kier molecular flexibility index (Phi) is 9.58. The highest BCUT2D eigenvalue weighted by atomic mass is 16.1. The summed E-state index contributed by atoms with van der Waals surface area (Å²) in [5.74, 6) is -0.295. The van der Waals surface area contributed by atoms with Gasteiger partial charge in [0.1, 0.15) is 12.4 Å². The van der Waals surface area contributed by atoms with Crippen molar-refractivity contribution in [2.45, 2.75) is 84.2 Å². The molecule has 0 spiro atoms. The number of aryl methyl sites for hydroxylation is 1. The van der Waals surface area contributed by atoms with E-state index in [0.29, 0.717) is 0 Å². The van der Waals surface area contributed by atoms with Gasteiger partial charge in [-0.15, -0.1) is 0 Å². The predicted octanol–water partition coefficient (Wildman–Crippen LogP) is 3.18. The molecule has 120 valence electrons. The summed E-state index contributed by atoms with van der Waals surface area (Å²) in [5.41, 5.74) is 5.17. The molecule has 4 heteroatoms. The van der Waals surface area contributed by atoms with Gasteiger partial charge in [0.2, 0.25) is 6.33 Å². The van der Waals surface area contributed by atoms with Gasteiger partial charge in [-0.25, -0.2) is 9.13 Å². The molecule has 0 saturated heterocycles. The molecule has 2 N–H and O–H groups in total. The van der Waals surface area contributed by atoms with E-state index >= 15 is 0 Å². The van der Waals surface area contributed by atoms with E-state index in [9.17, 15) is 4.79 Å². The zero-order chi connectivity index (χ0) is 15.3. The summed E-state index contributed by atoms with van der Waals surface area (Å²) in [4.78, 5) is 10.8. The highest BCUT2D eigenvalue weighted by molar-refractivity contribution is 5.72. The van der Waals surface area contributed by atoms with Crippen LogP contribution in [0.5, 0.6) is 0 Å². The zero-order valence-corrected chi connectivity index (χ0v) is 13.6. The van der Waals surface area contributed by atoms with Crippen LogP contribution in [-0.2, 0) is 17.9 Å². The summed E-state index contributed by atoms with van der Waals surface area (Å²) in [6.07, 6.45) is 19.4. The maximum Gasteiger partial charge on any atom is 0.259 e. The van der Waals surface area contributed by atoms with Crippen molar-refractivity contribution in [3.8, 4) is 0 Å². The first-order chi connectivity index (χ1) is 10.2. The van der Waals surface area contributed by atoms with Crippen molar-refractivity contribution < 1.29 is 9.36 Å². The normalized spacial score (nSPS) is 10.9. The van der Waals surface area contributed by atoms with Gasteiger partial charge >= 0.3 is 0 Å². The summed E-state index contributed by atoms with van der Waals surface area (Å²) in [7, 11) is 0. The molecule has 4 nitrogen and oxygen atoms in total. The summed E-state index contributed by atoms with van der Waals surface area (Å²) in [6, 6.07) is 0. The minimum absolute atomic E-state index is 0.269. The number of hydrogen-bond donors (Lipinski definition) is 1. The SMILES string of the molecule is CCCCCCCCCCCCn1cc[n+](CC(N)=O)c1. The Balaban J connectivity index is 1.94. The van der Waals surface area contributed by atoms with Gasteiger partial charge in [0.15, 0.2) is 6.54 Å². The summed E-state index contributed by atoms with van der Waals surface area (Å²) < 4.78 is 3.96. The monoisotopic (exact) mass is 294 g/mol. The van der Waals surface area contributed by atoms with E-state index in [-0.39, 0.29) is 12.5 Å². The molecule has 1 aromatic rings. The molecule has 1 aromatic heterocycles. The lowest BCUT2D eigenvalue weighted by Gasteiger charge is -2.01. The Morgan fingerprint density at radius 2 is 1.57 bits per heavy atom. The summed E-state index contributed by atoms with van der Waals surface area (Å²) >= 11 is 0. The van der Waals surface area contributed by atoms with Crippen LogP contribution in [0.1, 0.15) is 71.1 Å². The van der Waals surface area contributed by atoms with E-state index in [0.717, 1.165) is 6.54 Å². The van der Waals surface area contributed by atoms with E-state index in [4.69, 9.17) is 5.73 Å². The van der Waals surface area contributed by atoms with Crippen LogP contribution in [0.25, 0.3) is 0 Å². The molecule has 1 heterocycles. The lowest BCUT2D eigenvalue weighted by atomic mass is 10.1. The van der Waals surface area contributed by atoms with Crippen molar-refractivity contribution in [1.29, 1.82) is 0 Å². The highest BCUT2D eigenvalue weighted by Gasteiger charge is 2.05. The van der Waals surface area contributed by atoms with Gasteiger partial charge in [-0.3, -0.25) is 4.79 Å². The van der Waals surface area contributed by atoms with Crippen LogP contribution in [0, 0.1) is 0 Å². The lowest BCUT2D eigenvalue weighted by Crippen LogP contribution is -2.38. The van der Waals surface area contributed by atoms with Gasteiger partial charge in [-0.1, -0.05) is 58.3 Å². The van der Waals surface area contributed by atoms with Gasteiger partial charge < -0.3 is 5.73 Å². The number of carbonyl (C=O) groups is 1. The van der Waals surface area contributed by atoms with E-state index in [2.05, 4.69) is 11.5 Å². The zero-order valence-electron chi connectivity index (χ0n) is 13.6. The lowest BCUT2D eigenvalue weighted by molar-refractivity contribution is -0.683. The van der Waals surface area contributed by atoms with Crippen molar-refractivity contribution in [3.05, 3.63) is 18.7 Å². The first-order valence-corrected chi connectivity index (χ1v) is 8.55. The number of amides is 1. The van der Waals surface area contributed by atoms with Gasteiger partial charge in [-0.05, 0) is 12.8 Å². The molecular weight excluding hydrogens is 262 g/mol. The summed E-state index contributed by atoms with van der Waals surface area (Å²) in [5, 5.41) is 0. The minimum Gasteiger partial charge on any atom is -0.366 e. The molecular formula is C17H32N3O+. The van der Waals surface area contributed by atoms with E-state index in [1.807, 2.05) is 23.3 Å². The van der Waals surface area contributed by atoms with Crippen molar-refractivity contribution in [2.24, 2.45) is 5.73 Å². The molecule has 1 amide bonds. The minimum atomic E-state index is -0.295. The fourth-order valence-electron chi connectivity index (χ4n) is 2.63. The number of rotatable bonds is 13. The van der Waals surface area contributed by atoms with Crippen LogP contribution in [0.15, 0.2) is 18.7 Å². The molecule has 0 unspecified atom stereocenters. The van der Waals surface area contributed by atoms with E-state index in [1.165, 1.54) is 64.2 Å². The van der Waals surface area contributed by atoms with E-state index in [1.54, 1.807) is 0 Å². The quantitative estimate of drug-likeness (QED) is 0.441. The molecule has 0 aromatic carbocycles. The molecule has 0 aliphatic carbocycles. The average Bonchev–Trinajstić information content (AvgIpc) is 2.87. The second-order valence-corrected chi connectivity index (χ2v) is 5.97. The smallest absolute Gasteiger partial charge is 0.259 e. The Morgan fingerprint density at radius 1 is 1.00 bits per heavy atom. The number of hydrogen-bond acceptors (Lipinski definition) is 1. The predicted molar refractivity (Wildman–Crippen MR) is 85.7 cm³/mol. The molecule has 0 atom stereocenters.